The Morgan fingerprint density at radius 2 is 1.83 bits per heavy atom. The van der Waals surface area contributed by atoms with Crippen molar-refractivity contribution in [2.75, 3.05) is 38.1 Å². The number of rotatable bonds is 10. The fourth-order valence-corrected chi connectivity index (χ4v) is 1.47. The Labute approximate surface area is 108 Å². The maximum absolute atomic E-state index is 8.58. The maximum atomic E-state index is 8.58. The van der Waals surface area contributed by atoms with Gasteiger partial charge in [-0.05, 0) is 26.4 Å². The number of nitrogens with zero attached hydrogens (tertiary/aromatic N) is 2. The number of hydrogen-bond acceptors (Lipinski definition) is 6. The van der Waals surface area contributed by atoms with Crippen molar-refractivity contribution < 1.29 is 5.11 Å². The van der Waals surface area contributed by atoms with Gasteiger partial charge in [-0.15, -0.1) is 0 Å². The molecule has 0 saturated heterocycles. The second-order valence-corrected chi connectivity index (χ2v) is 3.95. The molecule has 4 N–H and O–H groups in total. The molecule has 6 heteroatoms. The summed E-state index contributed by atoms with van der Waals surface area (Å²) in [4.78, 5) is 8.41. The van der Waals surface area contributed by atoms with Gasteiger partial charge in [0, 0.05) is 37.6 Å². The highest BCUT2D eigenvalue weighted by Crippen LogP contribution is 1.99. The molecular weight excluding hydrogens is 230 g/mol. The molecule has 18 heavy (non-hydrogen) atoms. The molecule has 0 aliphatic rings. The highest BCUT2D eigenvalue weighted by Gasteiger charge is 1.96. The van der Waals surface area contributed by atoms with Crippen molar-refractivity contribution in [3.63, 3.8) is 0 Å². The molecule has 1 rings (SSSR count). The largest absolute Gasteiger partial charge is 0.395 e. The molecule has 0 aliphatic carbocycles. The number of aliphatic hydroxyl groups is 1. The van der Waals surface area contributed by atoms with E-state index < -0.39 is 0 Å². The molecule has 0 radical (unpaired) electrons. The predicted octanol–water partition coefficient (Wildman–Crippen LogP) is -0.0300. The van der Waals surface area contributed by atoms with Gasteiger partial charge in [-0.1, -0.05) is 0 Å². The van der Waals surface area contributed by atoms with Gasteiger partial charge in [0.1, 0.15) is 0 Å². The van der Waals surface area contributed by atoms with Crippen molar-refractivity contribution in [3.05, 3.63) is 18.0 Å². The number of aliphatic hydroxyl groups excluding tert-OH is 1. The van der Waals surface area contributed by atoms with Gasteiger partial charge in [0.05, 0.1) is 6.61 Å². The van der Waals surface area contributed by atoms with E-state index in [1.54, 1.807) is 0 Å². The lowest BCUT2D eigenvalue weighted by Gasteiger charge is -2.06. The molecule has 0 unspecified atom stereocenters. The number of hydrogen-bond donors (Lipinski definition) is 4. The molecule has 1 aromatic heterocycles. The lowest BCUT2D eigenvalue weighted by molar-refractivity contribution is 0.292. The van der Waals surface area contributed by atoms with Crippen LogP contribution in [0.15, 0.2) is 12.4 Å². The first-order chi connectivity index (χ1) is 8.86. The number of aromatic nitrogens is 2. The van der Waals surface area contributed by atoms with Crippen LogP contribution in [0.2, 0.25) is 0 Å². The third-order valence-electron chi connectivity index (χ3n) is 2.37. The average Bonchev–Trinajstić information content (AvgIpc) is 2.40. The van der Waals surface area contributed by atoms with Crippen LogP contribution in [0, 0.1) is 0 Å². The second-order valence-electron chi connectivity index (χ2n) is 3.95. The lowest BCUT2D eigenvalue weighted by Crippen LogP contribution is -2.24. The monoisotopic (exact) mass is 253 g/mol. The first-order valence-corrected chi connectivity index (χ1v) is 6.44. The zero-order chi connectivity index (χ0) is 13.1. The van der Waals surface area contributed by atoms with Gasteiger partial charge in [0.2, 0.25) is 5.95 Å². The summed E-state index contributed by atoms with van der Waals surface area (Å²) in [6.45, 7) is 6.36. The first-order valence-electron chi connectivity index (χ1n) is 6.44. The zero-order valence-corrected chi connectivity index (χ0v) is 10.9. The van der Waals surface area contributed by atoms with E-state index in [0.29, 0.717) is 12.5 Å². The van der Waals surface area contributed by atoms with Gasteiger partial charge in [-0.25, -0.2) is 9.97 Å². The fraction of sp³-hybridized carbons (Fsp3) is 0.667. The summed E-state index contributed by atoms with van der Waals surface area (Å²) in [7, 11) is 0. The molecule has 1 aromatic rings. The van der Waals surface area contributed by atoms with E-state index in [2.05, 4.69) is 25.9 Å². The minimum atomic E-state index is 0.197. The number of anilines is 1. The van der Waals surface area contributed by atoms with Crippen molar-refractivity contribution in [1.82, 2.24) is 20.6 Å². The molecule has 0 atom stereocenters. The van der Waals surface area contributed by atoms with E-state index in [1.807, 2.05) is 19.3 Å². The van der Waals surface area contributed by atoms with Gasteiger partial charge < -0.3 is 21.1 Å². The second kappa shape index (κ2) is 9.76. The van der Waals surface area contributed by atoms with Crippen LogP contribution >= 0.6 is 0 Å². The Kier molecular flexibility index (Phi) is 8.03. The van der Waals surface area contributed by atoms with Crippen LogP contribution in [0.5, 0.6) is 0 Å². The van der Waals surface area contributed by atoms with Crippen LogP contribution in [0.4, 0.5) is 5.95 Å². The highest BCUT2D eigenvalue weighted by molar-refractivity contribution is 5.24. The Balaban J connectivity index is 2.08. The van der Waals surface area contributed by atoms with Crippen LogP contribution in [-0.4, -0.2) is 47.9 Å². The standard InChI is InChI=1S/C12H23N5O/c1-2-15-12-16-9-11(10-17-12)8-14-5-3-4-13-6-7-18/h9-10,13-14,18H,2-8H2,1H3,(H,15,16,17). The van der Waals surface area contributed by atoms with Crippen molar-refractivity contribution in [2.24, 2.45) is 0 Å². The van der Waals surface area contributed by atoms with Crippen molar-refractivity contribution in [3.8, 4) is 0 Å². The molecule has 0 saturated carbocycles. The fourth-order valence-electron chi connectivity index (χ4n) is 1.47. The van der Waals surface area contributed by atoms with Gasteiger partial charge >= 0.3 is 0 Å². The van der Waals surface area contributed by atoms with Crippen LogP contribution < -0.4 is 16.0 Å². The van der Waals surface area contributed by atoms with Crippen LogP contribution in [0.25, 0.3) is 0 Å². The van der Waals surface area contributed by atoms with E-state index >= 15 is 0 Å². The maximum Gasteiger partial charge on any atom is 0.222 e. The van der Waals surface area contributed by atoms with E-state index in [9.17, 15) is 0 Å². The molecule has 0 aliphatic heterocycles. The Bertz CT molecular complexity index is 304. The van der Waals surface area contributed by atoms with Crippen LogP contribution in [0.3, 0.4) is 0 Å². The minimum Gasteiger partial charge on any atom is -0.395 e. The van der Waals surface area contributed by atoms with E-state index in [-0.39, 0.29) is 6.61 Å². The first kappa shape index (κ1) is 14.8. The Morgan fingerprint density at radius 1 is 1.11 bits per heavy atom. The van der Waals surface area contributed by atoms with Crippen molar-refractivity contribution in [2.45, 2.75) is 19.9 Å². The molecule has 0 fully saturated rings. The average molecular weight is 253 g/mol. The Morgan fingerprint density at radius 3 is 2.50 bits per heavy atom. The topological polar surface area (TPSA) is 82.1 Å². The molecule has 102 valence electrons. The van der Waals surface area contributed by atoms with Crippen molar-refractivity contribution >= 4 is 5.95 Å². The predicted molar refractivity (Wildman–Crippen MR) is 72.5 cm³/mol. The Hall–Kier alpha value is -1.24. The molecule has 0 spiro atoms. The van der Waals surface area contributed by atoms with Gasteiger partial charge in [-0.2, -0.15) is 0 Å². The van der Waals surface area contributed by atoms with Gasteiger partial charge in [0.15, 0.2) is 0 Å². The van der Waals surface area contributed by atoms with Crippen molar-refractivity contribution in [1.29, 1.82) is 0 Å². The molecule has 0 aromatic carbocycles. The summed E-state index contributed by atoms with van der Waals surface area (Å²) in [6.07, 6.45) is 4.71. The molecule has 1 heterocycles. The third kappa shape index (κ3) is 6.48. The normalized spacial score (nSPS) is 10.6. The summed E-state index contributed by atoms with van der Waals surface area (Å²) >= 11 is 0. The highest BCUT2D eigenvalue weighted by atomic mass is 16.3. The summed E-state index contributed by atoms with van der Waals surface area (Å²) in [6, 6.07) is 0. The third-order valence-corrected chi connectivity index (χ3v) is 2.37. The molecule has 0 bridgehead atoms. The molecule has 6 nitrogen and oxygen atoms in total. The van der Waals surface area contributed by atoms with E-state index in [0.717, 1.165) is 38.2 Å². The summed E-state index contributed by atoms with van der Waals surface area (Å²) in [5.41, 5.74) is 1.08. The molecule has 0 amide bonds. The van der Waals surface area contributed by atoms with E-state index in [1.165, 1.54) is 0 Å². The van der Waals surface area contributed by atoms with Crippen LogP contribution in [-0.2, 0) is 6.54 Å². The quantitative estimate of drug-likeness (QED) is 0.438. The SMILES string of the molecule is CCNc1ncc(CNCCCNCCO)cn1. The molecular formula is C12H23N5O. The smallest absolute Gasteiger partial charge is 0.222 e. The van der Waals surface area contributed by atoms with E-state index in [4.69, 9.17) is 5.11 Å². The summed E-state index contributed by atoms with van der Waals surface area (Å²) in [5, 5.41) is 18.1. The van der Waals surface area contributed by atoms with Crippen LogP contribution in [0.1, 0.15) is 18.9 Å². The number of nitrogens with one attached hydrogen (secondary N) is 3. The summed E-state index contributed by atoms with van der Waals surface area (Å²) in [5.74, 6) is 0.675. The van der Waals surface area contributed by atoms with Gasteiger partial charge in [-0.3, -0.25) is 0 Å². The zero-order valence-electron chi connectivity index (χ0n) is 10.9. The minimum absolute atomic E-state index is 0.197. The van der Waals surface area contributed by atoms with Gasteiger partial charge in [0.25, 0.3) is 0 Å². The lowest BCUT2D eigenvalue weighted by atomic mass is 10.3. The summed E-state index contributed by atoms with van der Waals surface area (Å²) < 4.78 is 0.